The largest absolute Gasteiger partial charge is 0.271 e. The lowest BCUT2D eigenvalue weighted by Crippen LogP contribution is -2.38. The van der Waals surface area contributed by atoms with E-state index in [0.717, 1.165) is 18.4 Å². The van der Waals surface area contributed by atoms with E-state index in [0.29, 0.717) is 5.56 Å². The van der Waals surface area contributed by atoms with Crippen LogP contribution < -0.4 is 11.3 Å². The third-order valence-corrected chi connectivity index (χ3v) is 3.53. The SMILES string of the molecule is CS(=O)(=O)CCC(Cc1ccc(F)cc1F)NN. The molecular formula is C11H16F2N2O2S. The van der Waals surface area contributed by atoms with Gasteiger partial charge in [0.15, 0.2) is 0 Å². The first-order valence-corrected chi connectivity index (χ1v) is 7.45. The van der Waals surface area contributed by atoms with Gasteiger partial charge in [-0.25, -0.2) is 17.2 Å². The molecule has 0 saturated heterocycles. The summed E-state index contributed by atoms with van der Waals surface area (Å²) < 4.78 is 48.2. The summed E-state index contributed by atoms with van der Waals surface area (Å²) in [5.74, 6) is 3.95. The molecule has 1 aromatic rings. The summed E-state index contributed by atoms with van der Waals surface area (Å²) in [6, 6.07) is 2.90. The van der Waals surface area contributed by atoms with Crippen molar-refractivity contribution in [3.63, 3.8) is 0 Å². The van der Waals surface area contributed by atoms with Gasteiger partial charge in [-0.3, -0.25) is 11.3 Å². The van der Waals surface area contributed by atoms with E-state index in [2.05, 4.69) is 5.43 Å². The van der Waals surface area contributed by atoms with Crippen LogP contribution in [0.4, 0.5) is 8.78 Å². The molecule has 0 aliphatic carbocycles. The van der Waals surface area contributed by atoms with Crippen LogP contribution in [0.3, 0.4) is 0 Å². The first kappa shape index (κ1) is 15.0. The predicted octanol–water partition coefficient (Wildman–Crippen LogP) is 0.774. The fraction of sp³-hybridized carbons (Fsp3) is 0.455. The molecule has 1 rings (SSSR count). The van der Waals surface area contributed by atoms with Crippen molar-refractivity contribution in [2.45, 2.75) is 18.9 Å². The lowest BCUT2D eigenvalue weighted by Gasteiger charge is -2.15. The minimum Gasteiger partial charge on any atom is -0.271 e. The van der Waals surface area contributed by atoms with Crippen LogP contribution in [-0.4, -0.2) is 26.5 Å². The first-order chi connectivity index (χ1) is 8.31. The predicted molar refractivity (Wildman–Crippen MR) is 65.5 cm³/mol. The number of rotatable bonds is 6. The van der Waals surface area contributed by atoms with Gasteiger partial charge in [-0.2, -0.15) is 0 Å². The van der Waals surface area contributed by atoms with Gasteiger partial charge in [0, 0.05) is 18.4 Å². The minimum absolute atomic E-state index is 0.0370. The van der Waals surface area contributed by atoms with Gasteiger partial charge in [-0.05, 0) is 24.5 Å². The Morgan fingerprint density at radius 3 is 2.56 bits per heavy atom. The number of halogens is 2. The molecule has 1 atom stereocenters. The normalized spacial score (nSPS) is 13.6. The molecule has 0 saturated carbocycles. The molecule has 18 heavy (non-hydrogen) atoms. The fourth-order valence-electron chi connectivity index (χ4n) is 1.55. The van der Waals surface area contributed by atoms with Gasteiger partial charge in [0.05, 0.1) is 5.75 Å². The molecule has 0 aliphatic heterocycles. The maximum Gasteiger partial charge on any atom is 0.147 e. The Bertz CT molecular complexity index is 506. The summed E-state index contributed by atoms with van der Waals surface area (Å²) in [4.78, 5) is 0. The first-order valence-electron chi connectivity index (χ1n) is 5.39. The zero-order valence-electron chi connectivity index (χ0n) is 9.99. The number of hydrazine groups is 1. The molecule has 0 aromatic heterocycles. The molecule has 4 nitrogen and oxygen atoms in total. The Hall–Kier alpha value is -1.05. The third-order valence-electron chi connectivity index (χ3n) is 2.55. The monoisotopic (exact) mass is 278 g/mol. The van der Waals surface area contributed by atoms with Crippen molar-refractivity contribution in [2.24, 2.45) is 5.84 Å². The van der Waals surface area contributed by atoms with Gasteiger partial charge in [-0.1, -0.05) is 6.07 Å². The van der Waals surface area contributed by atoms with Crippen LogP contribution in [0.25, 0.3) is 0 Å². The van der Waals surface area contributed by atoms with Gasteiger partial charge >= 0.3 is 0 Å². The second-order valence-corrected chi connectivity index (χ2v) is 6.48. The van der Waals surface area contributed by atoms with E-state index in [1.807, 2.05) is 0 Å². The maximum absolute atomic E-state index is 13.4. The van der Waals surface area contributed by atoms with Gasteiger partial charge in [-0.15, -0.1) is 0 Å². The number of nitrogens with two attached hydrogens (primary N) is 1. The Kier molecular flexibility index (Phi) is 5.18. The third kappa shape index (κ3) is 5.07. The van der Waals surface area contributed by atoms with E-state index < -0.39 is 21.5 Å². The zero-order valence-corrected chi connectivity index (χ0v) is 10.8. The highest BCUT2D eigenvalue weighted by Crippen LogP contribution is 2.13. The summed E-state index contributed by atoms with van der Waals surface area (Å²) in [5.41, 5.74) is 2.74. The van der Waals surface area contributed by atoms with Crippen LogP contribution >= 0.6 is 0 Å². The van der Waals surface area contributed by atoms with Crippen LogP contribution in [0.1, 0.15) is 12.0 Å². The Balaban J connectivity index is 2.68. The van der Waals surface area contributed by atoms with Crippen molar-refractivity contribution in [3.8, 4) is 0 Å². The minimum atomic E-state index is -3.09. The van der Waals surface area contributed by atoms with Crippen LogP contribution in [0.5, 0.6) is 0 Å². The molecule has 0 radical (unpaired) electrons. The summed E-state index contributed by atoms with van der Waals surface area (Å²) in [7, 11) is -3.09. The molecule has 0 spiro atoms. The summed E-state index contributed by atoms with van der Waals surface area (Å²) >= 11 is 0. The molecule has 7 heteroatoms. The molecular weight excluding hydrogens is 262 g/mol. The average molecular weight is 278 g/mol. The summed E-state index contributed by atoms with van der Waals surface area (Å²) in [6.07, 6.45) is 1.60. The highest BCUT2D eigenvalue weighted by atomic mass is 32.2. The van der Waals surface area contributed by atoms with Crippen LogP contribution in [-0.2, 0) is 16.3 Å². The summed E-state index contributed by atoms with van der Waals surface area (Å²) in [6.45, 7) is 0. The molecule has 0 fully saturated rings. The molecule has 0 aliphatic rings. The quantitative estimate of drug-likeness (QED) is 0.595. The van der Waals surface area contributed by atoms with Crippen molar-refractivity contribution in [1.82, 2.24) is 5.43 Å². The van der Waals surface area contributed by atoms with Crippen molar-refractivity contribution in [3.05, 3.63) is 35.4 Å². The smallest absolute Gasteiger partial charge is 0.147 e. The van der Waals surface area contributed by atoms with Gasteiger partial charge in [0.2, 0.25) is 0 Å². The van der Waals surface area contributed by atoms with E-state index in [-0.39, 0.29) is 24.6 Å². The lowest BCUT2D eigenvalue weighted by molar-refractivity contribution is 0.491. The number of sulfone groups is 1. The highest BCUT2D eigenvalue weighted by molar-refractivity contribution is 7.90. The van der Waals surface area contributed by atoms with E-state index in [1.54, 1.807) is 0 Å². The molecule has 0 heterocycles. The Morgan fingerprint density at radius 2 is 2.06 bits per heavy atom. The van der Waals surface area contributed by atoms with Gasteiger partial charge < -0.3 is 0 Å². The van der Waals surface area contributed by atoms with E-state index in [9.17, 15) is 17.2 Å². The van der Waals surface area contributed by atoms with E-state index >= 15 is 0 Å². The summed E-state index contributed by atoms with van der Waals surface area (Å²) in [5, 5.41) is 0. The standard InChI is InChI=1S/C11H16F2N2O2S/c1-18(16,17)5-4-10(15-14)6-8-2-3-9(12)7-11(8)13/h2-3,7,10,15H,4-6,14H2,1H3. The van der Waals surface area contributed by atoms with Crippen LogP contribution in [0.15, 0.2) is 18.2 Å². The number of benzene rings is 1. The molecule has 1 aromatic carbocycles. The number of nitrogens with one attached hydrogen (secondary N) is 1. The van der Waals surface area contributed by atoms with Crippen molar-refractivity contribution in [1.29, 1.82) is 0 Å². The maximum atomic E-state index is 13.4. The number of hydrogen-bond donors (Lipinski definition) is 2. The molecule has 0 bridgehead atoms. The average Bonchev–Trinajstić information content (AvgIpc) is 2.25. The second-order valence-electron chi connectivity index (χ2n) is 4.22. The Morgan fingerprint density at radius 1 is 1.39 bits per heavy atom. The second kappa shape index (κ2) is 6.21. The Labute approximate surface area is 105 Å². The lowest BCUT2D eigenvalue weighted by atomic mass is 10.0. The van der Waals surface area contributed by atoms with Crippen molar-refractivity contribution in [2.75, 3.05) is 12.0 Å². The van der Waals surface area contributed by atoms with Gasteiger partial charge in [0.1, 0.15) is 21.5 Å². The van der Waals surface area contributed by atoms with Gasteiger partial charge in [0.25, 0.3) is 0 Å². The van der Waals surface area contributed by atoms with Crippen molar-refractivity contribution < 1.29 is 17.2 Å². The zero-order chi connectivity index (χ0) is 13.8. The molecule has 102 valence electrons. The number of hydrogen-bond acceptors (Lipinski definition) is 4. The van der Waals surface area contributed by atoms with E-state index in [1.165, 1.54) is 6.07 Å². The molecule has 0 amide bonds. The highest BCUT2D eigenvalue weighted by Gasteiger charge is 2.14. The molecule has 1 unspecified atom stereocenters. The van der Waals surface area contributed by atoms with Crippen LogP contribution in [0, 0.1) is 11.6 Å². The molecule has 3 N–H and O–H groups in total. The van der Waals surface area contributed by atoms with E-state index in [4.69, 9.17) is 5.84 Å². The topological polar surface area (TPSA) is 72.2 Å². The van der Waals surface area contributed by atoms with Crippen molar-refractivity contribution >= 4 is 9.84 Å². The fourth-order valence-corrected chi connectivity index (χ4v) is 2.27. The van der Waals surface area contributed by atoms with Crippen LogP contribution in [0.2, 0.25) is 0 Å².